The highest BCUT2D eigenvalue weighted by Crippen LogP contribution is 2.38. The molecular weight excluding hydrogens is 260 g/mol. The number of nitro groups is 1. The number of nitrogens with zero attached hydrogens (tertiary/aromatic N) is 1. The van der Waals surface area contributed by atoms with Gasteiger partial charge in [-0.1, -0.05) is 27.7 Å². The molecule has 0 aliphatic rings. The maximum atomic E-state index is 10.9. The second-order valence-corrected chi connectivity index (χ2v) is 5.48. The molecule has 0 aliphatic carbocycles. The van der Waals surface area contributed by atoms with Gasteiger partial charge in [-0.3, -0.25) is 15.8 Å². The predicted octanol–water partition coefficient (Wildman–Crippen LogP) is 3.58. The monoisotopic (exact) mass is 281 g/mol. The second-order valence-electron chi connectivity index (χ2n) is 5.48. The minimum absolute atomic E-state index is 0.0527. The van der Waals surface area contributed by atoms with Crippen molar-refractivity contribution in [2.45, 2.75) is 27.7 Å². The van der Waals surface area contributed by atoms with Gasteiger partial charge in [0.1, 0.15) is 5.69 Å². The number of nitro benzene ring substituents is 1. The van der Waals surface area contributed by atoms with E-state index >= 15 is 0 Å². The van der Waals surface area contributed by atoms with Gasteiger partial charge >= 0.3 is 0 Å². The minimum Gasteiger partial charge on any atom is -0.491 e. The van der Waals surface area contributed by atoms with Crippen LogP contribution in [0.5, 0.6) is 11.5 Å². The lowest BCUT2D eigenvalue weighted by Gasteiger charge is -2.15. The molecule has 6 heteroatoms. The Balaban J connectivity index is 3.05. The Hall–Kier alpha value is -1.98. The Bertz CT molecular complexity index is 439. The van der Waals surface area contributed by atoms with E-state index in [2.05, 4.69) is 0 Å². The molecule has 1 rings (SSSR count). The van der Waals surface area contributed by atoms with E-state index in [9.17, 15) is 10.1 Å². The largest absolute Gasteiger partial charge is 0.491 e. The van der Waals surface area contributed by atoms with Crippen LogP contribution in [0, 0.1) is 22.0 Å². The Morgan fingerprint density at radius 3 is 1.80 bits per heavy atom. The molecule has 0 atom stereocenters. The van der Waals surface area contributed by atoms with Crippen LogP contribution >= 0.6 is 0 Å². The van der Waals surface area contributed by atoms with Gasteiger partial charge in [0.05, 0.1) is 30.3 Å². The van der Waals surface area contributed by atoms with E-state index in [0.717, 1.165) is 0 Å². The third-order valence-corrected chi connectivity index (χ3v) is 2.41. The lowest BCUT2D eigenvalue weighted by molar-refractivity contribution is -0.385. The highest BCUT2D eigenvalue weighted by molar-refractivity contribution is 5.65. The predicted molar refractivity (Wildman–Crippen MR) is 76.5 cm³/mol. The van der Waals surface area contributed by atoms with Crippen LogP contribution in [0.3, 0.4) is 0 Å². The summed E-state index contributed by atoms with van der Waals surface area (Å²) in [7, 11) is 0. The number of non-ortho nitro benzene ring substituents is 1. The van der Waals surface area contributed by atoms with Crippen LogP contribution in [-0.4, -0.2) is 18.1 Å². The highest BCUT2D eigenvalue weighted by Gasteiger charge is 2.18. The molecule has 1 radical (unpaired) electrons. The average molecular weight is 281 g/mol. The lowest BCUT2D eigenvalue weighted by atomic mass is 10.2. The summed E-state index contributed by atoms with van der Waals surface area (Å²) in [4.78, 5) is 10.4. The number of benzene rings is 1. The number of hydrogen-bond acceptors (Lipinski definition) is 4. The summed E-state index contributed by atoms with van der Waals surface area (Å²) in [6.07, 6.45) is 0. The van der Waals surface area contributed by atoms with Crippen molar-refractivity contribution in [3.8, 4) is 11.5 Å². The highest BCUT2D eigenvalue weighted by atomic mass is 16.6. The molecule has 0 bridgehead atoms. The van der Waals surface area contributed by atoms with Crippen LogP contribution in [0.15, 0.2) is 12.1 Å². The molecule has 0 fully saturated rings. The summed E-state index contributed by atoms with van der Waals surface area (Å²) in [5, 5.41) is 10.9. The molecule has 0 spiro atoms. The van der Waals surface area contributed by atoms with Crippen molar-refractivity contribution in [3.05, 3.63) is 22.2 Å². The first-order chi connectivity index (χ1) is 9.31. The SMILES string of the molecule is CC(C)COc1cc([N+](=O)[O-])cc(OCC(C)C)c1[NH]. The maximum absolute atomic E-state index is 10.9. The molecular formula is C14H21N2O4. The van der Waals surface area contributed by atoms with Gasteiger partial charge in [0.25, 0.3) is 5.69 Å². The number of ether oxygens (including phenoxy) is 2. The molecule has 0 saturated heterocycles. The van der Waals surface area contributed by atoms with Crippen molar-refractivity contribution in [1.29, 1.82) is 0 Å². The zero-order valence-electron chi connectivity index (χ0n) is 12.3. The van der Waals surface area contributed by atoms with Crippen LogP contribution in [0.25, 0.3) is 0 Å². The van der Waals surface area contributed by atoms with E-state index in [0.29, 0.717) is 13.2 Å². The number of rotatable bonds is 7. The van der Waals surface area contributed by atoms with E-state index in [-0.39, 0.29) is 34.7 Å². The van der Waals surface area contributed by atoms with Gasteiger partial charge in [-0.05, 0) is 11.8 Å². The van der Waals surface area contributed by atoms with Gasteiger partial charge in [-0.25, -0.2) is 0 Å². The van der Waals surface area contributed by atoms with E-state index in [1.165, 1.54) is 12.1 Å². The molecule has 1 aromatic rings. The van der Waals surface area contributed by atoms with Crippen LogP contribution in [0.1, 0.15) is 27.7 Å². The van der Waals surface area contributed by atoms with Crippen molar-refractivity contribution >= 4 is 11.4 Å². The molecule has 0 heterocycles. The second kappa shape index (κ2) is 6.98. The molecule has 0 unspecified atom stereocenters. The van der Waals surface area contributed by atoms with Gasteiger partial charge in [-0.15, -0.1) is 0 Å². The summed E-state index contributed by atoms with van der Waals surface area (Å²) in [5.74, 6) is 0.917. The molecule has 0 aliphatic heterocycles. The van der Waals surface area contributed by atoms with Crippen LogP contribution in [-0.2, 0) is 0 Å². The zero-order chi connectivity index (χ0) is 15.3. The van der Waals surface area contributed by atoms with Crippen molar-refractivity contribution in [2.24, 2.45) is 11.8 Å². The summed E-state index contributed by atoms with van der Waals surface area (Å²) in [6.45, 7) is 8.68. The van der Waals surface area contributed by atoms with E-state index in [4.69, 9.17) is 15.2 Å². The molecule has 1 aromatic carbocycles. The average Bonchev–Trinajstić information content (AvgIpc) is 2.35. The van der Waals surface area contributed by atoms with Gasteiger partial charge in [0, 0.05) is 0 Å². The minimum atomic E-state index is -0.510. The number of hydrogen-bond donors (Lipinski definition) is 0. The van der Waals surface area contributed by atoms with Crippen molar-refractivity contribution in [1.82, 2.24) is 5.73 Å². The molecule has 0 aromatic heterocycles. The van der Waals surface area contributed by atoms with Crippen LogP contribution < -0.4 is 15.2 Å². The standard InChI is InChI=1S/C14H21N2O4/c1-9(2)7-19-12-5-11(16(17)18)6-13(14(12)15)20-8-10(3)4/h5-6,9-10,15H,7-8H2,1-4H3. The van der Waals surface area contributed by atoms with Gasteiger partial charge in [-0.2, -0.15) is 0 Å². The Morgan fingerprint density at radius 1 is 1.10 bits per heavy atom. The van der Waals surface area contributed by atoms with Crippen molar-refractivity contribution < 1.29 is 14.4 Å². The fourth-order valence-electron chi connectivity index (χ4n) is 1.42. The number of nitrogens with one attached hydrogen (secondary N) is 1. The van der Waals surface area contributed by atoms with E-state index in [1.807, 2.05) is 27.7 Å². The first-order valence-corrected chi connectivity index (χ1v) is 6.60. The lowest BCUT2D eigenvalue weighted by Crippen LogP contribution is -2.08. The molecule has 20 heavy (non-hydrogen) atoms. The van der Waals surface area contributed by atoms with E-state index in [1.54, 1.807) is 0 Å². The third kappa shape index (κ3) is 4.60. The fraction of sp³-hybridized carbons (Fsp3) is 0.571. The van der Waals surface area contributed by atoms with Gasteiger partial charge in [0.15, 0.2) is 11.5 Å². The molecule has 6 nitrogen and oxygen atoms in total. The quantitative estimate of drug-likeness (QED) is 0.564. The maximum Gasteiger partial charge on any atom is 0.277 e. The summed E-state index contributed by atoms with van der Waals surface area (Å²) in [6, 6.07) is 2.54. The molecule has 0 saturated carbocycles. The first kappa shape index (κ1) is 16.1. The topological polar surface area (TPSA) is 85.4 Å². The van der Waals surface area contributed by atoms with Crippen molar-refractivity contribution in [3.63, 3.8) is 0 Å². The summed E-state index contributed by atoms with van der Waals surface area (Å²) in [5.41, 5.74) is 7.93. The third-order valence-electron chi connectivity index (χ3n) is 2.41. The smallest absolute Gasteiger partial charge is 0.277 e. The molecule has 111 valence electrons. The Morgan fingerprint density at radius 2 is 1.50 bits per heavy atom. The normalized spacial score (nSPS) is 10.9. The molecule has 0 amide bonds. The van der Waals surface area contributed by atoms with Gasteiger partial charge in [0.2, 0.25) is 0 Å². The summed E-state index contributed by atoms with van der Waals surface area (Å²) < 4.78 is 10.9. The zero-order valence-corrected chi connectivity index (χ0v) is 12.3. The van der Waals surface area contributed by atoms with Crippen molar-refractivity contribution in [2.75, 3.05) is 13.2 Å². The van der Waals surface area contributed by atoms with E-state index < -0.39 is 4.92 Å². The Labute approximate surface area is 119 Å². The van der Waals surface area contributed by atoms with Crippen LogP contribution in [0.2, 0.25) is 0 Å². The molecule has 1 N–H and O–H groups in total. The fourth-order valence-corrected chi connectivity index (χ4v) is 1.42. The van der Waals surface area contributed by atoms with Gasteiger partial charge < -0.3 is 9.47 Å². The summed E-state index contributed by atoms with van der Waals surface area (Å²) >= 11 is 0. The first-order valence-electron chi connectivity index (χ1n) is 6.60. The van der Waals surface area contributed by atoms with Crippen LogP contribution in [0.4, 0.5) is 11.4 Å². The Kier molecular flexibility index (Phi) is 5.61.